The lowest BCUT2D eigenvalue weighted by molar-refractivity contribution is 0.104. The molecule has 2 aromatic carbocycles. The predicted molar refractivity (Wildman–Crippen MR) is 106 cm³/mol. The van der Waals surface area contributed by atoms with Crippen LogP contribution in [0.3, 0.4) is 0 Å². The molecule has 0 aliphatic heterocycles. The molecule has 2 aromatic rings. The number of aromatic hydroxyl groups is 2. The second-order valence-electron chi connectivity index (χ2n) is 6.26. The minimum atomic E-state index is -0.498. The Morgan fingerprint density at radius 1 is 1.07 bits per heavy atom. The molecular formula is C22H24O5. The van der Waals surface area contributed by atoms with E-state index < -0.39 is 5.78 Å². The van der Waals surface area contributed by atoms with Crippen molar-refractivity contribution in [3.05, 3.63) is 64.7 Å². The van der Waals surface area contributed by atoms with Crippen LogP contribution < -0.4 is 9.47 Å². The minimum Gasteiger partial charge on any atom is -0.507 e. The van der Waals surface area contributed by atoms with Gasteiger partial charge < -0.3 is 19.7 Å². The number of methoxy groups -OCH3 is 2. The Labute approximate surface area is 159 Å². The van der Waals surface area contributed by atoms with Gasteiger partial charge in [-0.3, -0.25) is 4.79 Å². The quantitative estimate of drug-likeness (QED) is 0.427. The van der Waals surface area contributed by atoms with Gasteiger partial charge in [0.2, 0.25) is 0 Å². The van der Waals surface area contributed by atoms with Gasteiger partial charge in [-0.2, -0.15) is 0 Å². The fourth-order valence-corrected chi connectivity index (χ4v) is 2.57. The first-order valence-electron chi connectivity index (χ1n) is 8.49. The first kappa shape index (κ1) is 20.1. The van der Waals surface area contributed by atoms with Crippen molar-refractivity contribution >= 4 is 11.9 Å². The van der Waals surface area contributed by atoms with Gasteiger partial charge in [0.15, 0.2) is 5.78 Å². The van der Waals surface area contributed by atoms with Crippen LogP contribution in [-0.4, -0.2) is 30.2 Å². The Morgan fingerprint density at radius 2 is 1.74 bits per heavy atom. The zero-order chi connectivity index (χ0) is 20.0. The number of phenols is 2. The Hall–Kier alpha value is -3.21. The highest BCUT2D eigenvalue weighted by molar-refractivity contribution is 6.10. The highest BCUT2D eigenvalue weighted by Crippen LogP contribution is 2.39. The zero-order valence-electron chi connectivity index (χ0n) is 15.9. The first-order valence-corrected chi connectivity index (χ1v) is 8.49. The molecule has 0 amide bonds. The number of carbonyl (C=O) groups is 1. The Balaban J connectivity index is 2.37. The number of ether oxygens (including phenoxy) is 2. The van der Waals surface area contributed by atoms with Crippen LogP contribution in [0.2, 0.25) is 0 Å². The number of carbonyl (C=O) groups excluding carboxylic acids is 1. The summed E-state index contributed by atoms with van der Waals surface area (Å²) in [6, 6.07) is 8.52. The molecule has 0 fully saturated rings. The van der Waals surface area contributed by atoms with Crippen LogP contribution >= 0.6 is 0 Å². The van der Waals surface area contributed by atoms with Gasteiger partial charge in [0.25, 0.3) is 0 Å². The van der Waals surface area contributed by atoms with Gasteiger partial charge in [0, 0.05) is 11.6 Å². The summed E-state index contributed by atoms with van der Waals surface area (Å²) in [5.41, 5.74) is 2.17. The lowest BCUT2D eigenvalue weighted by atomic mass is 9.99. The van der Waals surface area contributed by atoms with Crippen molar-refractivity contribution in [2.75, 3.05) is 14.2 Å². The largest absolute Gasteiger partial charge is 0.507 e. The minimum absolute atomic E-state index is 0.141. The number of benzene rings is 2. The van der Waals surface area contributed by atoms with Crippen molar-refractivity contribution in [3.8, 4) is 23.0 Å². The van der Waals surface area contributed by atoms with E-state index in [2.05, 4.69) is 0 Å². The van der Waals surface area contributed by atoms with Gasteiger partial charge in [0.05, 0.1) is 14.2 Å². The first-order chi connectivity index (χ1) is 12.9. The number of hydrogen-bond acceptors (Lipinski definition) is 5. The van der Waals surface area contributed by atoms with E-state index in [-0.39, 0.29) is 17.1 Å². The van der Waals surface area contributed by atoms with E-state index in [9.17, 15) is 15.0 Å². The van der Waals surface area contributed by atoms with E-state index >= 15 is 0 Å². The average Bonchev–Trinajstić information content (AvgIpc) is 2.65. The third-order valence-corrected chi connectivity index (χ3v) is 4.07. The summed E-state index contributed by atoms with van der Waals surface area (Å²) in [4.78, 5) is 12.6. The van der Waals surface area contributed by atoms with Gasteiger partial charge in [-0.1, -0.05) is 29.9 Å². The number of hydrogen-bond donors (Lipinski definition) is 2. The molecule has 27 heavy (non-hydrogen) atoms. The summed E-state index contributed by atoms with van der Waals surface area (Å²) in [5, 5.41) is 20.8. The van der Waals surface area contributed by atoms with Crippen molar-refractivity contribution in [1.82, 2.24) is 0 Å². The molecule has 0 spiro atoms. The molecule has 0 saturated heterocycles. The van der Waals surface area contributed by atoms with Crippen LogP contribution in [0.1, 0.15) is 35.3 Å². The fourth-order valence-electron chi connectivity index (χ4n) is 2.57. The van der Waals surface area contributed by atoms with E-state index in [1.54, 1.807) is 37.5 Å². The van der Waals surface area contributed by atoms with E-state index in [1.165, 1.54) is 19.3 Å². The molecule has 0 saturated carbocycles. The second kappa shape index (κ2) is 8.94. The monoisotopic (exact) mass is 368 g/mol. The number of allylic oxidation sites excluding steroid dienone is 3. The molecule has 0 heterocycles. The molecule has 0 aromatic heterocycles. The van der Waals surface area contributed by atoms with Gasteiger partial charge >= 0.3 is 0 Å². The third-order valence-electron chi connectivity index (χ3n) is 4.07. The van der Waals surface area contributed by atoms with E-state index in [4.69, 9.17) is 9.47 Å². The lowest BCUT2D eigenvalue weighted by Gasteiger charge is -2.13. The summed E-state index contributed by atoms with van der Waals surface area (Å²) in [6.07, 6.45) is 5.23. The van der Waals surface area contributed by atoms with Crippen molar-refractivity contribution in [2.45, 2.75) is 20.3 Å². The molecule has 0 aliphatic carbocycles. The number of rotatable bonds is 7. The maximum absolute atomic E-state index is 12.6. The molecular weight excluding hydrogens is 344 g/mol. The van der Waals surface area contributed by atoms with Crippen molar-refractivity contribution in [2.24, 2.45) is 0 Å². The van der Waals surface area contributed by atoms with Crippen molar-refractivity contribution in [3.63, 3.8) is 0 Å². The lowest BCUT2D eigenvalue weighted by Crippen LogP contribution is -2.01. The van der Waals surface area contributed by atoms with E-state index in [1.807, 2.05) is 19.9 Å². The smallest absolute Gasteiger partial charge is 0.193 e. The number of phenolic OH excluding ortho intramolecular Hbond substituents is 2. The zero-order valence-corrected chi connectivity index (χ0v) is 15.9. The summed E-state index contributed by atoms with van der Waals surface area (Å²) in [6.45, 7) is 3.88. The van der Waals surface area contributed by atoms with Crippen LogP contribution in [0.4, 0.5) is 0 Å². The maximum Gasteiger partial charge on any atom is 0.193 e. The molecule has 142 valence electrons. The SMILES string of the molecule is COc1ccc(/C=C/C(=O)c2c(O)cc(OC)c(CC=C(C)C)c2O)cc1. The molecule has 2 N–H and O–H groups in total. The van der Waals surface area contributed by atoms with E-state index in [0.29, 0.717) is 23.5 Å². The molecule has 0 unspecified atom stereocenters. The van der Waals surface area contributed by atoms with Crippen LogP contribution in [0.25, 0.3) is 6.08 Å². The summed E-state index contributed by atoms with van der Waals surface area (Å²) in [7, 11) is 3.03. The van der Waals surface area contributed by atoms with Gasteiger partial charge in [-0.05, 0) is 44.0 Å². The molecule has 0 aliphatic rings. The molecule has 5 heteroatoms. The highest BCUT2D eigenvalue weighted by atomic mass is 16.5. The summed E-state index contributed by atoms with van der Waals surface area (Å²) in [5.74, 6) is -0.0450. The highest BCUT2D eigenvalue weighted by Gasteiger charge is 2.21. The fraction of sp³-hybridized carbons (Fsp3) is 0.227. The molecule has 0 bridgehead atoms. The van der Waals surface area contributed by atoms with Crippen molar-refractivity contribution < 1.29 is 24.5 Å². The normalized spacial score (nSPS) is 10.7. The van der Waals surface area contributed by atoms with Gasteiger partial charge in [0.1, 0.15) is 28.6 Å². The molecule has 2 rings (SSSR count). The number of ketones is 1. The van der Waals surface area contributed by atoms with Crippen LogP contribution in [-0.2, 0) is 6.42 Å². The summed E-state index contributed by atoms with van der Waals surface area (Å²) >= 11 is 0. The van der Waals surface area contributed by atoms with E-state index in [0.717, 1.165) is 11.1 Å². The van der Waals surface area contributed by atoms with Crippen LogP contribution in [0, 0.1) is 0 Å². The predicted octanol–water partition coefficient (Wildman–Crippen LogP) is 4.52. The molecule has 0 atom stereocenters. The molecule has 5 nitrogen and oxygen atoms in total. The topological polar surface area (TPSA) is 76.0 Å². The van der Waals surface area contributed by atoms with Crippen LogP contribution in [0.15, 0.2) is 48.1 Å². The standard InChI is InChI=1S/C22H24O5/c1-14(2)5-11-17-20(27-4)13-19(24)21(22(17)25)18(23)12-8-15-6-9-16(26-3)10-7-15/h5-10,12-13,24-25H,11H2,1-4H3/b12-8+. The average molecular weight is 368 g/mol. The van der Waals surface area contributed by atoms with Crippen molar-refractivity contribution in [1.29, 1.82) is 0 Å². The Morgan fingerprint density at radius 3 is 2.30 bits per heavy atom. The van der Waals surface area contributed by atoms with Gasteiger partial charge in [-0.15, -0.1) is 0 Å². The third kappa shape index (κ3) is 4.91. The van der Waals surface area contributed by atoms with Gasteiger partial charge in [-0.25, -0.2) is 0 Å². The Kier molecular flexibility index (Phi) is 6.66. The molecule has 0 radical (unpaired) electrons. The second-order valence-corrected chi connectivity index (χ2v) is 6.26. The maximum atomic E-state index is 12.6. The van der Waals surface area contributed by atoms with Crippen LogP contribution in [0.5, 0.6) is 23.0 Å². The Bertz CT molecular complexity index is 873. The summed E-state index contributed by atoms with van der Waals surface area (Å²) < 4.78 is 10.3.